The Hall–Kier alpha value is 0.294. The molecule has 0 aliphatic carbocycles. The van der Waals surface area contributed by atoms with E-state index >= 15 is 0 Å². The maximum Gasteiger partial charge on any atom is 0.0636 e. The molecule has 0 amide bonds. The minimum atomic E-state index is -0.167. The first-order valence-electron chi connectivity index (χ1n) is 17.0. The first-order valence-corrected chi connectivity index (χ1v) is 17.0. The number of aliphatic hydroxyl groups is 4. The van der Waals surface area contributed by atoms with Gasteiger partial charge in [0.25, 0.3) is 0 Å². The van der Waals surface area contributed by atoms with Crippen LogP contribution in [0.1, 0.15) is 189 Å². The van der Waals surface area contributed by atoms with Gasteiger partial charge in [0.15, 0.2) is 0 Å². The Bertz CT molecular complexity index is 339. The molecule has 0 aromatic rings. The second kappa shape index (κ2) is 52.0. The van der Waals surface area contributed by atoms with E-state index in [0.29, 0.717) is 13.2 Å². The molecule has 244 valence electrons. The Morgan fingerprint density at radius 3 is 0.750 bits per heavy atom. The Kier molecular flexibility index (Phi) is 64.9. The zero-order valence-corrected chi connectivity index (χ0v) is 29.7. The molecule has 0 unspecified atom stereocenters. The first-order chi connectivity index (χ1) is 18.8. The molecule has 0 bridgehead atoms. The predicted octanol–water partition coefficient (Wildman–Crippen LogP) is 10.3. The summed E-state index contributed by atoms with van der Waals surface area (Å²) in [4.78, 5) is 0. The average Bonchev–Trinajstić information content (AvgIpc) is 2.91. The molecule has 0 aliphatic rings. The van der Waals surface area contributed by atoms with Crippen LogP contribution in [-0.4, -0.2) is 46.4 Å². The molecule has 0 aromatic carbocycles. The van der Waals surface area contributed by atoms with Crippen molar-refractivity contribution in [2.45, 2.75) is 195 Å². The quantitative estimate of drug-likeness (QED) is 0.0472. The van der Waals surface area contributed by atoms with Crippen LogP contribution in [0.3, 0.4) is 0 Å². The summed E-state index contributed by atoms with van der Waals surface area (Å²) in [5.41, 5.74) is 0.810. The molecular weight excluding hydrogens is 532 g/mol. The second-order valence-corrected chi connectivity index (χ2v) is 11.4. The van der Waals surface area contributed by atoms with Gasteiger partial charge in [-0.3, -0.25) is 0 Å². The van der Waals surface area contributed by atoms with Crippen LogP contribution in [0.15, 0.2) is 12.2 Å². The van der Waals surface area contributed by atoms with Crippen molar-refractivity contribution in [3.05, 3.63) is 12.2 Å². The Morgan fingerprint density at radius 2 is 0.625 bits per heavy atom. The Morgan fingerprint density at radius 1 is 0.475 bits per heavy atom. The topological polar surface area (TPSA) is 80.9 Å². The van der Waals surface area contributed by atoms with Gasteiger partial charge in [0, 0.05) is 41.0 Å². The van der Waals surface area contributed by atoms with Crippen molar-refractivity contribution >= 4 is 0 Å². The van der Waals surface area contributed by atoms with Crippen molar-refractivity contribution in [2.24, 2.45) is 0 Å². The minimum absolute atomic E-state index is 0. The first kappa shape index (κ1) is 49.9. The largest absolute Gasteiger partial charge is 0.396 e. The van der Waals surface area contributed by atoms with Gasteiger partial charge < -0.3 is 20.4 Å². The van der Waals surface area contributed by atoms with E-state index in [0.717, 1.165) is 18.4 Å². The number of rotatable bonds is 25. The van der Waals surface area contributed by atoms with Gasteiger partial charge in [-0.25, -0.2) is 0 Å². The molecule has 0 spiro atoms. The van der Waals surface area contributed by atoms with Crippen LogP contribution in [0, 0.1) is 0 Å². The van der Waals surface area contributed by atoms with Gasteiger partial charge in [-0.1, -0.05) is 167 Å². The molecule has 40 heavy (non-hydrogen) atoms. The third-order valence-electron chi connectivity index (χ3n) is 6.29. The monoisotopic (exact) mass is 609 g/mol. The third-order valence-corrected chi connectivity index (χ3v) is 6.29. The summed E-state index contributed by atoms with van der Waals surface area (Å²) in [7, 11) is 0. The molecule has 0 saturated heterocycles. The van der Waals surface area contributed by atoms with E-state index in [1.165, 1.54) is 141 Å². The van der Waals surface area contributed by atoms with Crippen molar-refractivity contribution in [1.82, 2.24) is 0 Å². The smallest absolute Gasteiger partial charge is 0.0636 e. The fourth-order valence-electron chi connectivity index (χ4n) is 3.91. The van der Waals surface area contributed by atoms with Gasteiger partial charge >= 0.3 is 0 Å². The normalized spacial score (nSPS) is 9.95. The van der Waals surface area contributed by atoms with Crippen molar-refractivity contribution in [3.8, 4) is 0 Å². The average molecular weight is 609 g/mol. The van der Waals surface area contributed by atoms with Crippen LogP contribution in [0.2, 0.25) is 0 Å². The molecular formula is C35H76O4Ti. The van der Waals surface area contributed by atoms with Crippen LogP contribution in [0.25, 0.3) is 0 Å². The maximum atomic E-state index is 8.61. The van der Waals surface area contributed by atoms with Gasteiger partial charge in [-0.15, -0.1) is 0 Å². The third kappa shape index (κ3) is 77.0. The van der Waals surface area contributed by atoms with E-state index < -0.39 is 0 Å². The van der Waals surface area contributed by atoms with Crippen molar-refractivity contribution in [3.63, 3.8) is 0 Å². The Balaban J connectivity index is -0.000000154. The molecule has 4 N–H and O–H groups in total. The van der Waals surface area contributed by atoms with E-state index in [2.05, 4.69) is 20.4 Å². The van der Waals surface area contributed by atoms with E-state index in [4.69, 9.17) is 20.4 Å². The fourth-order valence-corrected chi connectivity index (χ4v) is 3.91. The van der Waals surface area contributed by atoms with E-state index in [1.807, 2.05) is 0 Å². The number of aliphatic hydroxyl groups excluding tert-OH is 4. The number of hydrogen-bond acceptors (Lipinski definition) is 4. The summed E-state index contributed by atoms with van der Waals surface area (Å²) in [6, 6.07) is 0. The Labute approximate surface area is 268 Å². The van der Waals surface area contributed by atoms with Gasteiger partial charge in [-0.2, -0.15) is 0 Å². The number of hydrogen-bond donors (Lipinski definition) is 4. The van der Waals surface area contributed by atoms with Crippen LogP contribution in [-0.2, 0) is 21.7 Å². The molecule has 0 radical (unpaired) electrons. The SMILES string of the molecule is C=C(C)CO.CC(C)O.CCCCCCCCCCCCCCO.CCCCCCCCCCCCCCO.[Ti]. The molecule has 5 heteroatoms. The molecule has 0 heterocycles. The molecule has 0 fully saturated rings. The molecule has 0 atom stereocenters. The van der Waals surface area contributed by atoms with Crippen LogP contribution in [0.4, 0.5) is 0 Å². The summed E-state index contributed by atoms with van der Waals surface area (Å²) in [6.07, 6.45) is 32.3. The van der Waals surface area contributed by atoms with Crippen molar-refractivity contribution < 1.29 is 42.1 Å². The van der Waals surface area contributed by atoms with Gasteiger partial charge in [-0.05, 0) is 33.6 Å². The second-order valence-electron chi connectivity index (χ2n) is 11.4. The van der Waals surface area contributed by atoms with Crippen LogP contribution in [0.5, 0.6) is 0 Å². The summed E-state index contributed by atoms with van der Waals surface area (Å²) in [5, 5.41) is 33.3. The van der Waals surface area contributed by atoms with Crippen LogP contribution < -0.4 is 0 Å². The summed E-state index contributed by atoms with van der Waals surface area (Å²) in [6.45, 7) is 14.0. The summed E-state index contributed by atoms with van der Waals surface area (Å²) in [5.74, 6) is 0. The molecule has 4 nitrogen and oxygen atoms in total. The van der Waals surface area contributed by atoms with Crippen molar-refractivity contribution in [1.29, 1.82) is 0 Å². The zero-order chi connectivity index (χ0) is 30.2. The van der Waals surface area contributed by atoms with Gasteiger partial charge in [0.05, 0.1) is 6.61 Å². The molecule has 0 rings (SSSR count). The number of unbranched alkanes of at least 4 members (excludes halogenated alkanes) is 22. The van der Waals surface area contributed by atoms with E-state index in [1.54, 1.807) is 20.8 Å². The summed E-state index contributed by atoms with van der Waals surface area (Å²) < 4.78 is 0. The maximum absolute atomic E-state index is 8.61. The molecule has 0 aromatic heterocycles. The van der Waals surface area contributed by atoms with Crippen molar-refractivity contribution in [2.75, 3.05) is 19.8 Å². The summed E-state index contributed by atoms with van der Waals surface area (Å²) >= 11 is 0. The molecule has 0 aliphatic heterocycles. The fraction of sp³-hybridized carbons (Fsp3) is 0.943. The van der Waals surface area contributed by atoms with Gasteiger partial charge in [0.2, 0.25) is 0 Å². The minimum Gasteiger partial charge on any atom is -0.396 e. The predicted molar refractivity (Wildman–Crippen MR) is 176 cm³/mol. The van der Waals surface area contributed by atoms with E-state index in [-0.39, 0.29) is 34.4 Å². The van der Waals surface area contributed by atoms with Gasteiger partial charge in [0.1, 0.15) is 0 Å². The standard InChI is InChI=1S/2C14H30O.C4H8O.C3H8O.Ti/c2*1-2-3-4-5-6-7-8-9-10-11-12-13-14-15;1-4(2)3-5;1-3(2)4;/h2*15H,2-14H2,1H3;5H,1,3H2,2H3;3-4H,1-2H3;. The van der Waals surface area contributed by atoms with Crippen LogP contribution >= 0.6 is 0 Å². The zero-order valence-electron chi connectivity index (χ0n) is 28.2. The molecule has 0 saturated carbocycles. The van der Waals surface area contributed by atoms with E-state index in [9.17, 15) is 0 Å².